The Morgan fingerprint density at radius 2 is 1.05 bits per heavy atom. The molecular weight excluding hydrogens is 1350 g/mol. The maximum atomic E-state index is 15.4. The summed E-state index contributed by atoms with van der Waals surface area (Å²) in [4.78, 5) is 76.7. The molecule has 4 aromatic carbocycles. The van der Waals surface area contributed by atoms with Gasteiger partial charge < -0.3 is 43.2 Å². The van der Waals surface area contributed by atoms with Gasteiger partial charge in [-0.15, -0.1) is 0 Å². The molecule has 101 heavy (non-hydrogen) atoms. The van der Waals surface area contributed by atoms with Crippen LogP contribution >= 0.6 is 11.6 Å². The minimum absolute atomic E-state index is 0. The monoisotopic (exact) mass is 1430 g/mol. The largest absolute Gasteiger partial charge is 1.00 e. The van der Waals surface area contributed by atoms with Crippen molar-refractivity contribution in [3.63, 3.8) is 0 Å². The number of aliphatic hydroxyl groups excluding tert-OH is 1. The van der Waals surface area contributed by atoms with E-state index in [1.807, 2.05) is 72.1 Å². The van der Waals surface area contributed by atoms with E-state index in [1.165, 1.54) is 57.1 Å². The van der Waals surface area contributed by atoms with Gasteiger partial charge in [0.15, 0.2) is 5.15 Å². The molecule has 0 spiro atoms. The summed E-state index contributed by atoms with van der Waals surface area (Å²) in [6, 6.07) is 25.3. The van der Waals surface area contributed by atoms with Crippen LogP contribution < -0.4 is 89.7 Å². The van der Waals surface area contributed by atoms with Crippen LogP contribution in [0.25, 0.3) is 44.2 Å². The standard InChI is InChI=1S/C35H38FN7O3.C21H20BF4N2O3.C16H20ClN5O.K/c1-35(2,3)24-15-23-19-38-43(34(46)32(23)27(36)16-24)30-8-6-7-25(26(30)20-44)28-17-29(33(45)42(5)40-28)39-31-10-9-22(18-37-31)21-11-13-41(4)14-12-21;1-12(29)31-11-15-16(22(24,25)26)6-5-7-18(15)28-20(30)19-13(10-27-28)8-14(9-17(19)23)21(2,3)4;1-21-7-5-11(6-8-21)12-3-4-15(18-10-12)19-13-9-14(17)20-22(2)16(13)23;/h6-10,15-19,21,44H,11-14,20H2,1-5H3,(H,37,39);5-10H,11H2,1-4H3;3-4,9-11H,5-8H2,1-2H3,(H,18,19);/q;-1;;+1. The molecule has 0 radical (unpaired) electrons. The number of ether oxygens (including phenoxy) is 1. The SMILES string of the molecule is CC(=O)OCc1c(-n2ncc3cc(C(C)(C)C)cc(F)c3c2=O)cccc1[B-](F)(F)F.CN1CCC(c2ccc(Nc3cc(-c4cccc(-n5ncc6cc(C(C)(C)C)cc(F)c6c5=O)c4CO)nn(C)c3=O)nc2)CC1.CN1CCC(c2ccc(Nc3cc(Cl)nn(C)c3=O)nc2)CC1.[K+]. The molecule has 12 rings (SSSR count). The molecule has 0 unspecified atom stereocenters. The summed E-state index contributed by atoms with van der Waals surface area (Å²) in [5.41, 5.74) is 1.42. The second kappa shape index (κ2) is 32.0. The summed E-state index contributed by atoms with van der Waals surface area (Å²) in [5, 5.41) is 33.9. The average Bonchev–Trinajstić information content (AvgIpc) is 0.758. The molecule has 0 saturated carbocycles. The molecule has 2 aliphatic heterocycles. The van der Waals surface area contributed by atoms with Gasteiger partial charge in [-0.3, -0.25) is 24.0 Å². The van der Waals surface area contributed by atoms with Crippen molar-refractivity contribution in [1.82, 2.24) is 58.9 Å². The number of aliphatic hydroxyl groups is 1. The second-order valence-corrected chi connectivity index (χ2v) is 27.7. The zero-order valence-electron chi connectivity index (χ0n) is 58.4. The molecule has 10 aromatic rings. The van der Waals surface area contributed by atoms with Crippen molar-refractivity contribution < 1.29 is 87.8 Å². The summed E-state index contributed by atoms with van der Waals surface area (Å²) in [5.74, 6) is -0.0305. The zero-order valence-corrected chi connectivity index (χ0v) is 62.3. The van der Waals surface area contributed by atoms with Gasteiger partial charge in [0.2, 0.25) is 0 Å². The average molecular weight is 1430 g/mol. The molecule has 6 aromatic heterocycles. The number of esters is 1. The van der Waals surface area contributed by atoms with E-state index in [4.69, 9.17) is 16.3 Å². The van der Waals surface area contributed by atoms with E-state index in [1.54, 1.807) is 50.5 Å². The number of carbonyl (C=O) groups is 1. The molecule has 0 amide bonds. The number of benzene rings is 4. The van der Waals surface area contributed by atoms with Crippen molar-refractivity contribution in [3.8, 4) is 22.6 Å². The van der Waals surface area contributed by atoms with E-state index in [9.17, 15) is 46.4 Å². The second-order valence-electron chi connectivity index (χ2n) is 27.3. The van der Waals surface area contributed by atoms with Crippen molar-refractivity contribution in [2.75, 3.05) is 50.9 Å². The van der Waals surface area contributed by atoms with Gasteiger partial charge in [-0.05, 0) is 171 Å². The molecule has 2 fully saturated rings. The normalized spacial score (nSPS) is 14.2. The summed E-state index contributed by atoms with van der Waals surface area (Å²) in [7, 11) is 7.40. The van der Waals surface area contributed by atoms with E-state index < -0.39 is 59.9 Å². The molecule has 0 bridgehead atoms. The number of piperidine rings is 2. The summed E-state index contributed by atoms with van der Waals surface area (Å²) < 4.78 is 80.0. The molecule has 29 heteroatoms. The van der Waals surface area contributed by atoms with E-state index in [2.05, 4.69) is 71.0 Å². The van der Waals surface area contributed by atoms with Crippen molar-refractivity contribution >= 4 is 74.6 Å². The first-order valence-corrected chi connectivity index (χ1v) is 32.9. The number of carbonyl (C=O) groups excluding carboxylic acids is 1. The van der Waals surface area contributed by atoms with Crippen LogP contribution in [0.4, 0.5) is 44.7 Å². The molecule has 3 N–H and O–H groups in total. The molecular formula is C72H78BClF5KN14O7. The van der Waals surface area contributed by atoms with Crippen LogP contribution in [-0.2, 0) is 47.7 Å². The smallest absolute Gasteiger partial charge is 0.461 e. The fourth-order valence-electron chi connectivity index (χ4n) is 12.2. The Bertz CT molecular complexity index is 4950. The van der Waals surface area contributed by atoms with Crippen molar-refractivity contribution in [3.05, 3.63) is 213 Å². The van der Waals surface area contributed by atoms with Crippen molar-refractivity contribution in [2.24, 2.45) is 14.1 Å². The van der Waals surface area contributed by atoms with Gasteiger partial charge in [0.1, 0.15) is 41.3 Å². The Morgan fingerprint density at radius 1 is 0.604 bits per heavy atom. The number of hydrogen-bond donors (Lipinski definition) is 3. The molecule has 0 atom stereocenters. The molecule has 2 aliphatic rings. The number of nitrogens with zero attached hydrogens (tertiary/aromatic N) is 12. The van der Waals surface area contributed by atoms with Crippen LogP contribution in [0.2, 0.25) is 5.15 Å². The Hall–Kier alpha value is -8.19. The molecule has 2 saturated heterocycles. The van der Waals surface area contributed by atoms with Gasteiger partial charge in [0, 0.05) is 61.4 Å². The Morgan fingerprint density at radius 3 is 1.48 bits per heavy atom. The predicted octanol–water partition coefficient (Wildman–Crippen LogP) is 8.35. The number of aromatic nitrogens is 10. The zero-order chi connectivity index (χ0) is 72.3. The van der Waals surface area contributed by atoms with Crippen LogP contribution in [0.1, 0.15) is 119 Å². The van der Waals surface area contributed by atoms with Crippen LogP contribution in [0.5, 0.6) is 0 Å². The first kappa shape index (κ1) is 77.0. The van der Waals surface area contributed by atoms with Crippen LogP contribution in [0, 0.1) is 11.6 Å². The van der Waals surface area contributed by atoms with Gasteiger partial charge in [-0.2, -0.15) is 29.8 Å². The van der Waals surface area contributed by atoms with Gasteiger partial charge in [0.25, 0.3) is 22.2 Å². The first-order valence-electron chi connectivity index (χ1n) is 32.6. The maximum absolute atomic E-state index is 15.4. The molecule has 8 heterocycles. The quantitative estimate of drug-likeness (QED) is 0.0558. The number of likely N-dealkylation sites (tertiary alicyclic amines) is 2. The third-order valence-electron chi connectivity index (χ3n) is 18.0. The Balaban J connectivity index is 0.000000187. The number of pyridine rings is 2. The number of rotatable bonds is 13. The topological polar surface area (TPSA) is 242 Å². The van der Waals surface area contributed by atoms with Crippen molar-refractivity contribution in [1.29, 1.82) is 0 Å². The van der Waals surface area contributed by atoms with Gasteiger partial charge >= 0.3 is 64.3 Å². The van der Waals surface area contributed by atoms with Crippen LogP contribution in [0.15, 0.2) is 141 Å². The fraction of sp³-hybridized carbons (Fsp3) is 0.347. The first-order chi connectivity index (χ1) is 47.3. The third-order valence-corrected chi connectivity index (χ3v) is 18.2. The number of nitrogens with one attached hydrogen (secondary N) is 2. The minimum atomic E-state index is -5.47. The summed E-state index contributed by atoms with van der Waals surface area (Å²) >= 11 is 5.89. The van der Waals surface area contributed by atoms with Gasteiger partial charge in [-0.25, -0.2) is 28.1 Å². The Kier molecular flexibility index (Phi) is 24.4. The van der Waals surface area contributed by atoms with E-state index in [-0.39, 0.29) is 112 Å². The molecule has 524 valence electrons. The number of anilines is 4. The number of halogens is 6. The van der Waals surface area contributed by atoms with Crippen molar-refractivity contribution in [2.45, 2.75) is 110 Å². The Labute approximate surface area is 627 Å². The van der Waals surface area contributed by atoms with Crippen LogP contribution in [-0.4, -0.2) is 117 Å². The number of hydrogen-bond acceptors (Lipinski definition) is 17. The summed E-state index contributed by atoms with van der Waals surface area (Å²) in [6.45, 7) is 10.3. The van der Waals surface area contributed by atoms with Gasteiger partial charge in [-0.1, -0.05) is 95.0 Å². The molecule has 21 nitrogen and oxygen atoms in total. The van der Waals surface area contributed by atoms with E-state index in [0.29, 0.717) is 61.6 Å². The van der Waals surface area contributed by atoms with Gasteiger partial charge in [0.05, 0.1) is 46.8 Å². The van der Waals surface area contributed by atoms with Crippen LogP contribution in [0.3, 0.4) is 0 Å². The third kappa shape index (κ3) is 18.0. The number of aryl methyl sites for hydroxylation is 2. The molecule has 0 aliphatic carbocycles. The minimum Gasteiger partial charge on any atom is -0.461 e. The maximum Gasteiger partial charge on any atom is 1.00 e. The fourth-order valence-corrected chi connectivity index (χ4v) is 12.4. The van der Waals surface area contributed by atoms with E-state index in [0.717, 1.165) is 81.2 Å². The summed E-state index contributed by atoms with van der Waals surface area (Å²) in [6.07, 6.45) is 10.9. The van der Waals surface area contributed by atoms with E-state index >= 15 is 4.39 Å². The number of fused-ring (bicyclic) bond motifs is 2. The predicted molar refractivity (Wildman–Crippen MR) is 379 cm³/mol.